The monoisotopic (exact) mass is 366 g/mol. The number of tetrazole rings is 1. The van der Waals surface area contributed by atoms with Crippen molar-refractivity contribution in [2.45, 2.75) is 6.54 Å². The molecule has 0 atom stereocenters. The van der Waals surface area contributed by atoms with E-state index in [2.05, 4.69) is 30.8 Å². The van der Waals surface area contributed by atoms with E-state index in [9.17, 15) is 4.79 Å². The molecule has 0 saturated heterocycles. The fraction of sp³-hybridized carbons (Fsp3) is 0.222. The second-order valence-corrected chi connectivity index (χ2v) is 6.04. The number of nitrogens with one attached hydrogen (secondary N) is 2. The van der Waals surface area contributed by atoms with Crippen LogP contribution in [0.4, 0.5) is 5.69 Å². The van der Waals surface area contributed by atoms with E-state index in [0.717, 1.165) is 11.3 Å². The van der Waals surface area contributed by atoms with Crippen molar-refractivity contribution in [3.8, 4) is 17.5 Å². The van der Waals surface area contributed by atoms with Crippen LogP contribution in [0.5, 0.6) is 17.5 Å². The average Bonchev–Trinajstić information content (AvgIpc) is 3.09. The van der Waals surface area contributed by atoms with Crippen LogP contribution >= 0.6 is 0 Å². The Morgan fingerprint density at radius 1 is 1.22 bits per heavy atom. The Labute approximate surface area is 155 Å². The van der Waals surface area contributed by atoms with E-state index in [4.69, 9.17) is 9.47 Å². The van der Waals surface area contributed by atoms with Crippen molar-refractivity contribution in [3.05, 3.63) is 54.1 Å². The van der Waals surface area contributed by atoms with Crippen molar-refractivity contribution in [3.63, 3.8) is 0 Å². The van der Waals surface area contributed by atoms with Crippen LogP contribution in [-0.4, -0.2) is 51.1 Å². The van der Waals surface area contributed by atoms with Crippen molar-refractivity contribution in [2.24, 2.45) is 0 Å². The summed E-state index contributed by atoms with van der Waals surface area (Å²) in [4.78, 5) is 14.5. The number of nitrogens with zero attached hydrogens (tertiary/aromatic N) is 4. The van der Waals surface area contributed by atoms with Gasteiger partial charge in [-0.15, -0.1) is 0 Å². The van der Waals surface area contributed by atoms with Crippen LogP contribution in [0, 0.1) is 0 Å². The first-order valence-electron chi connectivity index (χ1n) is 8.50. The molecule has 2 heterocycles. The molecule has 9 nitrogen and oxygen atoms in total. The first-order chi connectivity index (χ1) is 13.3. The molecule has 0 aliphatic carbocycles. The number of hydrogen-bond donors (Lipinski definition) is 2. The van der Waals surface area contributed by atoms with Crippen LogP contribution < -0.4 is 14.8 Å². The molecule has 4 rings (SSSR count). The number of carbonyl (C=O) groups excluding carboxylic acids is 1. The number of ether oxygens (including phenoxy) is 2. The van der Waals surface area contributed by atoms with Crippen LogP contribution in [0.15, 0.2) is 48.5 Å². The molecule has 0 unspecified atom stereocenters. The van der Waals surface area contributed by atoms with E-state index < -0.39 is 0 Å². The summed E-state index contributed by atoms with van der Waals surface area (Å²) in [5.41, 5.74) is 1.78. The first-order valence-corrected chi connectivity index (χ1v) is 8.50. The molecule has 1 amide bonds. The van der Waals surface area contributed by atoms with E-state index >= 15 is 0 Å². The second-order valence-electron chi connectivity index (χ2n) is 6.04. The minimum atomic E-state index is -0.0822. The third kappa shape index (κ3) is 4.39. The number of anilines is 1. The lowest BCUT2D eigenvalue weighted by Gasteiger charge is -2.18. The summed E-state index contributed by atoms with van der Waals surface area (Å²) in [6.45, 7) is 2.23. The summed E-state index contributed by atoms with van der Waals surface area (Å²) in [5, 5.41) is 16.1. The van der Waals surface area contributed by atoms with Crippen molar-refractivity contribution in [1.29, 1.82) is 0 Å². The predicted molar refractivity (Wildman–Crippen MR) is 96.5 cm³/mol. The SMILES string of the molecule is O=C(CN1CCOc2ccccc2C1)Nc1ccc(Oc2nn[nH]n2)cc1. The third-order valence-electron chi connectivity index (χ3n) is 4.07. The van der Waals surface area contributed by atoms with Crippen LogP contribution in [0.3, 0.4) is 0 Å². The van der Waals surface area contributed by atoms with Gasteiger partial charge in [-0.3, -0.25) is 9.69 Å². The van der Waals surface area contributed by atoms with Crippen LogP contribution in [0.1, 0.15) is 5.56 Å². The Hall–Kier alpha value is -3.46. The Morgan fingerprint density at radius 3 is 2.89 bits per heavy atom. The molecule has 27 heavy (non-hydrogen) atoms. The smallest absolute Gasteiger partial charge is 0.361 e. The number of H-pyrrole nitrogens is 1. The zero-order valence-electron chi connectivity index (χ0n) is 14.5. The number of benzene rings is 2. The fourth-order valence-corrected chi connectivity index (χ4v) is 2.83. The van der Waals surface area contributed by atoms with Gasteiger partial charge < -0.3 is 14.8 Å². The molecule has 2 aromatic carbocycles. The number of rotatable bonds is 5. The van der Waals surface area contributed by atoms with Gasteiger partial charge in [0, 0.05) is 24.3 Å². The highest BCUT2D eigenvalue weighted by Gasteiger charge is 2.17. The van der Waals surface area contributed by atoms with Gasteiger partial charge in [0.25, 0.3) is 0 Å². The van der Waals surface area contributed by atoms with Gasteiger partial charge in [0.05, 0.1) is 6.54 Å². The summed E-state index contributed by atoms with van der Waals surface area (Å²) in [6, 6.07) is 15.0. The lowest BCUT2D eigenvalue weighted by molar-refractivity contribution is -0.117. The lowest BCUT2D eigenvalue weighted by Crippen LogP contribution is -2.34. The zero-order chi connectivity index (χ0) is 18.5. The van der Waals surface area contributed by atoms with Crippen molar-refractivity contribution < 1.29 is 14.3 Å². The van der Waals surface area contributed by atoms with Gasteiger partial charge in [0.2, 0.25) is 5.91 Å². The van der Waals surface area contributed by atoms with Crippen molar-refractivity contribution in [2.75, 3.05) is 25.0 Å². The molecular weight excluding hydrogens is 348 g/mol. The summed E-state index contributed by atoms with van der Waals surface area (Å²) >= 11 is 0. The molecule has 0 bridgehead atoms. The zero-order valence-corrected chi connectivity index (χ0v) is 14.5. The van der Waals surface area contributed by atoms with Gasteiger partial charge in [-0.25, -0.2) is 0 Å². The van der Waals surface area contributed by atoms with Crippen molar-refractivity contribution in [1.82, 2.24) is 25.5 Å². The lowest BCUT2D eigenvalue weighted by atomic mass is 10.2. The van der Waals surface area contributed by atoms with Gasteiger partial charge in [-0.05, 0) is 35.5 Å². The first kappa shape index (κ1) is 17.0. The van der Waals surface area contributed by atoms with Gasteiger partial charge in [0.1, 0.15) is 18.1 Å². The molecular formula is C18H18N6O3. The van der Waals surface area contributed by atoms with E-state index in [-0.39, 0.29) is 11.9 Å². The molecule has 1 aliphatic rings. The quantitative estimate of drug-likeness (QED) is 0.709. The molecule has 9 heteroatoms. The molecule has 2 N–H and O–H groups in total. The summed E-state index contributed by atoms with van der Waals surface area (Å²) < 4.78 is 11.1. The predicted octanol–water partition coefficient (Wildman–Crippen LogP) is 1.83. The number of fused-ring (bicyclic) bond motifs is 1. The summed E-state index contributed by atoms with van der Waals surface area (Å²) in [7, 11) is 0. The number of carbonyl (C=O) groups is 1. The molecule has 0 radical (unpaired) electrons. The Bertz CT molecular complexity index is 898. The number of aromatic amines is 1. The van der Waals surface area contributed by atoms with E-state index in [0.29, 0.717) is 37.7 Å². The highest BCUT2D eigenvalue weighted by Crippen LogP contribution is 2.22. The van der Waals surface area contributed by atoms with Crippen LogP contribution in [0.25, 0.3) is 0 Å². The maximum atomic E-state index is 12.4. The number of para-hydroxylation sites is 1. The van der Waals surface area contributed by atoms with E-state index in [1.807, 2.05) is 24.3 Å². The number of aromatic nitrogens is 4. The third-order valence-corrected chi connectivity index (χ3v) is 4.07. The van der Waals surface area contributed by atoms with E-state index in [1.54, 1.807) is 24.3 Å². The fourth-order valence-electron chi connectivity index (χ4n) is 2.83. The normalized spacial score (nSPS) is 13.9. The molecule has 3 aromatic rings. The minimum Gasteiger partial charge on any atom is -0.492 e. The minimum absolute atomic E-state index is 0.0822. The molecule has 0 saturated carbocycles. The maximum Gasteiger partial charge on any atom is 0.361 e. The molecule has 1 aliphatic heterocycles. The Balaban J connectivity index is 1.32. The van der Waals surface area contributed by atoms with Crippen molar-refractivity contribution >= 4 is 11.6 Å². The molecule has 138 valence electrons. The topological polar surface area (TPSA) is 105 Å². The largest absolute Gasteiger partial charge is 0.492 e. The standard InChI is InChI=1S/C18H18N6O3/c25-17(12-24-9-10-26-16-4-2-1-3-13(16)11-24)19-14-5-7-15(8-6-14)27-18-20-22-23-21-18/h1-8H,9-12H2,(H,19,25)(H,20,21,22,23). The highest BCUT2D eigenvalue weighted by molar-refractivity contribution is 5.92. The molecule has 1 aromatic heterocycles. The maximum absolute atomic E-state index is 12.4. The average molecular weight is 366 g/mol. The van der Waals surface area contributed by atoms with E-state index in [1.165, 1.54) is 0 Å². The number of amides is 1. The number of hydrogen-bond acceptors (Lipinski definition) is 7. The van der Waals surface area contributed by atoms with Gasteiger partial charge in [-0.2, -0.15) is 5.21 Å². The van der Waals surface area contributed by atoms with Gasteiger partial charge in [-0.1, -0.05) is 28.4 Å². The van der Waals surface area contributed by atoms with Crippen LogP contribution in [0.2, 0.25) is 0 Å². The Kier molecular flexibility index (Phi) is 4.93. The highest BCUT2D eigenvalue weighted by atomic mass is 16.5. The molecule has 0 spiro atoms. The second kappa shape index (κ2) is 7.83. The van der Waals surface area contributed by atoms with Gasteiger partial charge >= 0.3 is 6.01 Å². The Morgan fingerprint density at radius 2 is 2.07 bits per heavy atom. The molecule has 0 fully saturated rings. The van der Waals surface area contributed by atoms with Crippen LogP contribution in [-0.2, 0) is 11.3 Å². The summed E-state index contributed by atoms with van der Waals surface area (Å²) in [6.07, 6.45) is 0. The summed E-state index contributed by atoms with van der Waals surface area (Å²) in [5.74, 6) is 1.36. The van der Waals surface area contributed by atoms with Gasteiger partial charge in [0.15, 0.2) is 0 Å².